The fourth-order valence-electron chi connectivity index (χ4n) is 2.48. The van der Waals surface area contributed by atoms with Crippen LogP contribution in [0.4, 0.5) is 0 Å². The van der Waals surface area contributed by atoms with Crippen molar-refractivity contribution in [3.8, 4) is 0 Å². The number of allylic oxidation sites excluding steroid dienone is 3. The van der Waals surface area contributed by atoms with E-state index in [1.807, 2.05) is 13.0 Å². The van der Waals surface area contributed by atoms with Gasteiger partial charge in [-0.25, -0.2) is 0 Å². The molecule has 0 bridgehead atoms. The van der Waals surface area contributed by atoms with Crippen molar-refractivity contribution < 1.29 is 4.74 Å². The summed E-state index contributed by atoms with van der Waals surface area (Å²) in [6.45, 7) is 18.1. The minimum absolute atomic E-state index is 0.248. The van der Waals surface area contributed by atoms with Gasteiger partial charge in [-0.3, -0.25) is 0 Å². The van der Waals surface area contributed by atoms with Gasteiger partial charge in [-0.05, 0) is 25.3 Å². The normalized spacial score (nSPS) is 12.8. The van der Waals surface area contributed by atoms with E-state index in [-0.39, 0.29) is 6.04 Å². The highest BCUT2D eigenvalue weighted by Gasteiger charge is 2.12. The minimum Gasteiger partial charge on any atom is -0.462 e. The van der Waals surface area contributed by atoms with Gasteiger partial charge in [-0.2, -0.15) is 0 Å². The molecule has 0 fully saturated rings. The first-order valence-electron chi connectivity index (χ1n) is 8.23. The Morgan fingerprint density at radius 3 is 2.39 bits per heavy atom. The largest absolute Gasteiger partial charge is 0.462 e. The highest BCUT2D eigenvalue weighted by Crippen LogP contribution is 2.23. The summed E-state index contributed by atoms with van der Waals surface area (Å²) in [4.78, 5) is 0. The van der Waals surface area contributed by atoms with Crippen LogP contribution in [-0.4, -0.2) is 0 Å². The van der Waals surface area contributed by atoms with Crippen LogP contribution in [0.3, 0.4) is 0 Å². The molecule has 0 aliphatic heterocycles. The molecule has 0 aliphatic rings. The third kappa shape index (κ3) is 5.82. The van der Waals surface area contributed by atoms with Crippen LogP contribution in [0.15, 0.2) is 78.9 Å². The number of hydrogen-bond donors (Lipinski definition) is 1. The van der Waals surface area contributed by atoms with E-state index in [2.05, 4.69) is 63.2 Å². The van der Waals surface area contributed by atoms with Gasteiger partial charge in [-0.1, -0.05) is 70.0 Å². The van der Waals surface area contributed by atoms with Crippen molar-refractivity contribution in [1.29, 1.82) is 0 Å². The molecule has 1 N–H and O–H groups in total. The van der Waals surface area contributed by atoms with Crippen molar-refractivity contribution in [3.05, 3.63) is 84.5 Å². The maximum Gasteiger partial charge on any atom is 0.128 e. The van der Waals surface area contributed by atoms with Crippen LogP contribution < -0.4 is 5.32 Å². The zero-order valence-corrected chi connectivity index (χ0v) is 14.7. The summed E-state index contributed by atoms with van der Waals surface area (Å²) >= 11 is 0. The lowest BCUT2D eigenvalue weighted by atomic mass is 10.0. The maximum atomic E-state index is 5.73. The highest BCUT2D eigenvalue weighted by atomic mass is 16.5. The lowest BCUT2D eigenvalue weighted by Crippen LogP contribution is -2.20. The van der Waals surface area contributed by atoms with Crippen LogP contribution in [0.1, 0.15) is 51.6 Å². The van der Waals surface area contributed by atoms with E-state index in [4.69, 9.17) is 4.74 Å². The first-order chi connectivity index (χ1) is 11.0. The molecule has 2 heteroatoms. The van der Waals surface area contributed by atoms with Crippen LogP contribution in [0, 0.1) is 0 Å². The summed E-state index contributed by atoms with van der Waals surface area (Å²) < 4.78 is 5.73. The molecule has 0 unspecified atom stereocenters. The van der Waals surface area contributed by atoms with Crippen molar-refractivity contribution in [2.24, 2.45) is 0 Å². The first-order valence-corrected chi connectivity index (χ1v) is 8.23. The molecule has 0 aromatic heterocycles. The van der Waals surface area contributed by atoms with Crippen molar-refractivity contribution in [2.75, 3.05) is 0 Å². The fourth-order valence-corrected chi connectivity index (χ4v) is 2.48. The third-order valence-electron chi connectivity index (χ3n) is 3.71. The number of benzene rings is 1. The quantitative estimate of drug-likeness (QED) is 0.420. The Morgan fingerprint density at radius 1 is 1.22 bits per heavy atom. The zero-order valence-electron chi connectivity index (χ0n) is 14.7. The second-order valence-corrected chi connectivity index (χ2v) is 5.57. The molecule has 23 heavy (non-hydrogen) atoms. The molecular formula is C21H29NO. The van der Waals surface area contributed by atoms with Crippen LogP contribution in [-0.2, 0) is 4.74 Å². The molecule has 0 amide bonds. The van der Waals surface area contributed by atoms with Crippen molar-refractivity contribution in [2.45, 2.75) is 46.1 Å². The van der Waals surface area contributed by atoms with Crippen molar-refractivity contribution in [1.82, 2.24) is 5.32 Å². The van der Waals surface area contributed by atoms with Crippen LogP contribution >= 0.6 is 0 Å². The summed E-state index contributed by atoms with van der Waals surface area (Å²) in [6, 6.07) is 10.7. The Morgan fingerprint density at radius 2 is 1.87 bits per heavy atom. The van der Waals surface area contributed by atoms with Gasteiger partial charge in [0.05, 0.1) is 11.8 Å². The zero-order chi connectivity index (χ0) is 17.2. The second kappa shape index (κ2) is 9.73. The van der Waals surface area contributed by atoms with Crippen LogP contribution in [0.5, 0.6) is 0 Å². The topological polar surface area (TPSA) is 21.3 Å². The molecule has 0 saturated heterocycles. The summed E-state index contributed by atoms with van der Waals surface area (Å²) in [5, 5.41) is 3.56. The maximum absolute atomic E-state index is 5.73. The first kappa shape index (κ1) is 18.8. The summed E-state index contributed by atoms with van der Waals surface area (Å²) in [5.41, 5.74) is 3.15. The molecule has 1 aromatic carbocycles. The number of ether oxygens (including phenoxy) is 1. The minimum atomic E-state index is 0.248. The van der Waals surface area contributed by atoms with Gasteiger partial charge in [0.2, 0.25) is 0 Å². The molecular weight excluding hydrogens is 282 g/mol. The van der Waals surface area contributed by atoms with Gasteiger partial charge in [-0.15, -0.1) is 0 Å². The van der Waals surface area contributed by atoms with E-state index in [1.165, 1.54) is 5.56 Å². The highest BCUT2D eigenvalue weighted by molar-refractivity contribution is 5.38. The monoisotopic (exact) mass is 311 g/mol. The Hall–Kier alpha value is -2.22. The van der Waals surface area contributed by atoms with Gasteiger partial charge in [0.25, 0.3) is 0 Å². The molecule has 1 aromatic rings. The Labute approximate surface area is 141 Å². The van der Waals surface area contributed by atoms with E-state index in [0.29, 0.717) is 5.76 Å². The molecule has 124 valence electrons. The van der Waals surface area contributed by atoms with Crippen molar-refractivity contribution in [3.63, 3.8) is 0 Å². The van der Waals surface area contributed by atoms with Gasteiger partial charge in [0, 0.05) is 17.7 Å². The van der Waals surface area contributed by atoms with Gasteiger partial charge in [0.1, 0.15) is 5.76 Å². The van der Waals surface area contributed by atoms with E-state index >= 15 is 0 Å². The Bertz CT molecular complexity index is 569. The van der Waals surface area contributed by atoms with Gasteiger partial charge < -0.3 is 10.1 Å². The van der Waals surface area contributed by atoms with E-state index in [1.54, 1.807) is 6.08 Å². The van der Waals surface area contributed by atoms with E-state index in [9.17, 15) is 0 Å². The average Bonchev–Trinajstić information content (AvgIpc) is 2.54. The Balaban J connectivity index is 2.89. The predicted octanol–water partition coefficient (Wildman–Crippen LogP) is 6.03. The summed E-state index contributed by atoms with van der Waals surface area (Å²) in [7, 11) is 0. The molecule has 2 nitrogen and oxygen atoms in total. The van der Waals surface area contributed by atoms with Crippen LogP contribution in [0.25, 0.3) is 0 Å². The van der Waals surface area contributed by atoms with Crippen LogP contribution in [0.2, 0.25) is 0 Å². The number of rotatable bonds is 10. The predicted molar refractivity (Wildman–Crippen MR) is 99.8 cm³/mol. The van der Waals surface area contributed by atoms with E-state index < -0.39 is 0 Å². The lowest BCUT2D eigenvalue weighted by Gasteiger charge is -2.22. The summed E-state index contributed by atoms with van der Waals surface area (Å²) in [5.74, 6) is 1.33. The standard InChI is InChI=1S/C21H29NO/c1-7-13-16(4)23-18(6)20(8-2)17(5)22-21(9-3)19-14-11-10-12-15-19/h8,10-12,14-15,21-22H,2,4,6-7,9,13H2,1,3,5H3/b20-17-/t21-/m1/s1. The van der Waals surface area contributed by atoms with Gasteiger partial charge >= 0.3 is 0 Å². The molecule has 1 rings (SSSR count). The molecule has 0 spiro atoms. The fraction of sp³-hybridized carbons (Fsp3) is 0.333. The Kier molecular flexibility index (Phi) is 7.96. The summed E-state index contributed by atoms with van der Waals surface area (Å²) in [6.07, 6.45) is 4.60. The SMILES string of the molecule is C=C/C(C(=C)OC(=C)CCC)=C(\C)N[C@H](CC)c1ccccc1. The average molecular weight is 311 g/mol. The molecule has 0 heterocycles. The van der Waals surface area contributed by atoms with Gasteiger partial charge in [0.15, 0.2) is 0 Å². The smallest absolute Gasteiger partial charge is 0.128 e. The molecule has 0 radical (unpaired) electrons. The van der Waals surface area contributed by atoms with Crippen molar-refractivity contribution >= 4 is 0 Å². The lowest BCUT2D eigenvalue weighted by molar-refractivity contribution is 0.302. The van der Waals surface area contributed by atoms with E-state index in [0.717, 1.165) is 36.3 Å². The molecule has 0 saturated carbocycles. The second-order valence-electron chi connectivity index (χ2n) is 5.57. The molecule has 0 aliphatic carbocycles. The third-order valence-corrected chi connectivity index (χ3v) is 3.71. The number of nitrogens with one attached hydrogen (secondary N) is 1. The molecule has 1 atom stereocenters. The number of hydrogen-bond acceptors (Lipinski definition) is 2.